The van der Waals surface area contributed by atoms with Crippen LogP contribution in [0.2, 0.25) is 0 Å². The summed E-state index contributed by atoms with van der Waals surface area (Å²) in [5.41, 5.74) is 11.0. The second-order valence-corrected chi connectivity index (χ2v) is 4.74. The molecule has 0 spiro atoms. The number of nitrogens with two attached hydrogens (primary N) is 2. The molecule has 4 N–H and O–H groups in total. The van der Waals surface area contributed by atoms with E-state index in [1.54, 1.807) is 4.90 Å². The Bertz CT molecular complexity index is 294. The molecule has 15 heavy (non-hydrogen) atoms. The van der Waals surface area contributed by atoms with Crippen LogP contribution in [0.5, 0.6) is 0 Å². The van der Waals surface area contributed by atoms with Gasteiger partial charge in [0, 0.05) is 24.6 Å². The first-order valence-corrected chi connectivity index (χ1v) is 6.10. The topological polar surface area (TPSA) is 72.3 Å². The van der Waals surface area contributed by atoms with Crippen molar-refractivity contribution in [2.24, 2.45) is 11.5 Å². The number of carbonyl (C=O) groups excluding carboxylic acids is 1. The molecule has 6 heteroatoms. The number of amides is 1. The highest BCUT2D eigenvalue weighted by Gasteiger charge is 2.17. The first kappa shape index (κ1) is 12.3. The molecule has 0 saturated carbocycles. The molecule has 1 fully saturated rings. The quantitative estimate of drug-likeness (QED) is 0.422. The lowest BCUT2D eigenvalue weighted by Crippen LogP contribution is -2.40. The van der Waals surface area contributed by atoms with Gasteiger partial charge in [0.25, 0.3) is 5.91 Å². The van der Waals surface area contributed by atoms with Gasteiger partial charge in [-0.25, -0.2) is 0 Å². The molecule has 0 unspecified atom stereocenters. The molecule has 0 atom stereocenters. The van der Waals surface area contributed by atoms with E-state index < -0.39 is 0 Å². The van der Waals surface area contributed by atoms with Gasteiger partial charge in [0.2, 0.25) is 0 Å². The maximum Gasteiger partial charge on any atom is 0.269 e. The molecule has 84 valence electrons. The summed E-state index contributed by atoms with van der Waals surface area (Å²) in [7, 11) is 0. The SMILES string of the molecule is N/C(=C\C=C(/N)Cl)C(=O)N1CCSCC1. The summed E-state index contributed by atoms with van der Waals surface area (Å²) in [5.74, 6) is 1.78. The first-order valence-electron chi connectivity index (χ1n) is 4.56. The van der Waals surface area contributed by atoms with Gasteiger partial charge in [-0.15, -0.1) is 0 Å². The van der Waals surface area contributed by atoms with Crippen molar-refractivity contribution in [2.45, 2.75) is 0 Å². The Hall–Kier alpha value is -0.810. The summed E-state index contributed by atoms with van der Waals surface area (Å²) in [6.45, 7) is 1.50. The Morgan fingerprint density at radius 2 is 1.87 bits per heavy atom. The number of rotatable bonds is 2. The molecule has 0 aliphatic carbocycles. The number of carbonyl (C=O) groups is 1. The standard InChI is InChI=1S/C9H14ClN3OS/c10-8(12)2-1-7(11)9(14)13-3-5-15-6-4-13/h1-2H,3-6,11-12H2/b7-1-,8-2-. The zero-order chi connectivity index (χ0) is 11.3. The van der Waals surface area contributed by atoms with Crippen molar-refractivity contribution >= 4 is 29.3 Å². The number of halogens is 1. The predicted octanol–water partition coefficient (Wildman–Crippen LogP) is 0.443. The Balaban J connectivity index is 2.58. The fraction of sp³-hybridized carbons (Fsp3) is 0.444. The van der Waals surface area contributed by atoms with Gasteiger partial charge in [-0.3, -0.25) is 4.79 Å². The second-order valence-electron chi connectivity index (χ2n) is 3.08. The first-order chi connectivity index (χ1) is 7.11. The molecule has 0 aromatic heterocycles. The molecule has 0 bridgehead atoms. The van der Waals surface area contributed by atoms with E-state index in [2.05, 4.69) is 0 Å². The van der Waals surface area contributed by atoms with Crippen LogP contribution in [-0.2, 0) is 4.79 Å². The average Bonchev–Trinajstić information content (AvgIpc) is 2.26. The van der Waals surface area contributed by atoms with Gasteiger partial charge in [-0.1, -0.05) is 11.6 Å². The Labute approximate surface area is 98.3 Å². The third kappa shape index (κ3) is 4.05. The molecular weight excluding hydrogens is 234 g/mol. The summed E-state index contributed by atoms with van der Waals surface area (Å²) in [6, 6.07) is 0. The van der Waals surface area contributed by atoms with E-state index in [-0.39, 0.29) is 16.8 Å². The molecule has 0 aromatic carbocycles. The van der Waals surface area contributed by atoms with Gasteiger partial charge in [-0.2, -0.15) is 11.8 Å². The third-order valence-electron chi connectivity index (χ3n) is 1.97. The van der Waals surface area contributed by atoms with E-state index in [1.165, 1.54) is 12.2 Å². The Kier molecular flexibility index (Phi) is 4.84. The molecule has 1 aliphatic rings. The van der Waals surface area contributed by atoms with Crippen LogP contribution in [0.25, 0.3) is 0 Å². The normalized spacial score (nSPS) is 19.1. The molecule has 1 amide bonds. The van der Waals surface area contributed by atoms with Gasteiger partial charge in [0.05, 0.1) is 10.9 Å². The lowest BCUT2D eigenvalue weighted by Gasteiger charge is -2.26. The molecule has 0 aromatic rings. The van der Waals surface area contributed by atoms with Gasteiger partial charge >= 0.3 is 0 Å². The number of hydrogen-bond acceptors (Lipinski definition) is 4. The van der Waals surface area contributed by atoms with Gasteiger partial charge in [0.15, 0.2) is 0 Å². The van der Waals surface area contributed by atoms with Crippen LogP contribution < -0.4 is 11.5 Å². The third-order valence-corrected chi connectivity index (χ3v) is 3.04. The molecular formula is C9H14ClN3OS. The average molecular weight is 248 g/mol. The van der Waals surface area contributed by atoms with Gasteiger partial charge in [-0.05, 0) is 12.2 Å². The van der Waals surface area contributed by atoms with Crippen molar-refractivity contribution < 1.29 is 4.79 Å². The van der Waals surface area contributed by atoms with Crippen molar-refractivity contribution in [3.63, 3.8) is 0 Å². The van der Waals surface area contributed by atoms with E-state index in [0.29, 0.717) is 0 Å². The molecule has 1 saturated heterocycles. The predicted molar refractivity (Wildman–Crippen MR) is 64.3 cm³/mol. The van der Waals surface area contributed by atoms with Gasteiger partial charge < -0.3 is 16.4 Å². The minimum atomic E-state index is -0.149. The highest BCUT2D eigenvalue weighted by Crippen LogP contribution is 2.10. The van der Waals surface area contributed by atoms with Crippen LogP contribution in [0.1, 0.15) is 0 Å². The lowest BCUT2D eigenvalue weighted by molar-refractivity contribution is -0.126. The van der Waals surface area contributed by atoms with Crippen LogP contribution in [0.15, 0.2) is 23.0 Å². The van der Waals surface area contributed by atoms with E-state index in [9.17, 15) is 4.79 Å². The Morgan fingerprint density at radius 3 is 2.40 bits per heavy atom. The molecule has 1 aliphatic heterocycles. The Morgan fingerprint density at radius 1 is 1.27 bits per heavy atom. The van der Waals surface area contributed by atoms with Gasteiger partial charge in [0.1, 0.15) is 0 Å². The minimum Gasteiger partial charge on any atom is -0.394 e. The summed E-state index contributed by atoms with van der Waals surface area (Å²) in [6.07, 6.45) is 2.85. The zero-order valence-electron chi connectivity index (χ0n) is 8.28. The minimum absolute atomic E-state index is 0.111. The van der Waals surface area contributed by atoms with Crippen LogP contribution >= 0.6 is 23.4 Å². The van der Waals surface area contributed by atoms with Crippen molar-refractivity contribution in [3.05, 3.63) is 23.0 Å². The largest absolute Gasteiger partial charge is 0.394 e. The fourth-order valence-corrected chi connectivity index (χ4v) is 2.16. The smallest absolute Gasteiger partial charge is 0.269 e. The van der Waals surface area contributed by atoms with Crippen molar-refractivity contribution in [2.75, 3.05) is 24.6 Å². The summed E-state index contributed by atoms with van der Waals surface area (Å²) in [4.78, 5) is 13.5. The van der Waals surface area contributed by atoms with E-state index in [0.717, 1.165) is 24.6 Å². The number of nitrogens with zero attached hydrogens (tertiary/aromatic N) is 1. The van der Waals surface area contributed by atoms with Crippen molar-refractivity contribution in [1.82, 2.24) is 4.90 Å². The van der Waals surface area contributed by atoms with Crippen molar-refractivity contribution in [3.8, 4) is 0 Å². The molecule has 1 heterocycles. The van der Waals surface area contributed by atoms with Crippen LogP contribution in [0.4, 0.5) is 0 Å². The van der Waals surface area contributed by atoms with E-state index in [1.807, 2.05) is 11.8 Å². The summed E-state index contributed by atoms with van der Waals surface area (Å²) < 4.78 is 0. The van der Waals surface area contributed by atoms with Crippen LogP contribution in [0.3, 0.4) is 0 Å². The maximum atomic E-state index is 11.7. The highest BCUT2D eigenvalue weighted by atomic mass is 35.5. The lowest BCUT2D eigenvalue weighted by atomic mass is 10.3. The molecule has 0 radical (unpaired) electrons. The summed E-state index contributed by atoms with van der Waals surface area (Å²) >= 11 is 7.26. The number of thioether (sulfide) groups is 1. The highest BCUT2D eigenvalue weighted by molar-refractivity contribution is 7.99. The number of hydrogen-bond donors (Lipinski definition) is 2. The molecule has 1 rings (SSSR count). The van der Waals surface area contributed by atoms with E-state index in [4.69, 9.17) is 23.1 Å². The fourth-order valence-electron chi connectivity index (χ4n) is 1.19. The monoisotopic (exact) mass is 247 g/mol. The maximum absolute atomic E-state index is 11.7. The molecule has 4 nitrogen and oxygen atoms in total. The van der Waals surface area contributed by atoms with Crippen molar-refractivity contribution in [1.29, 1.82) is 0 Å². The van der Waals surface area contributed by atoms with Crippen LogP contribution in [-0.4, -0.2) is 35.4 Å². The second kappa shape index (κ2) is 5.92. The van der Waals surface area contributed by atoms with Crippen LogP contribution in [0, 0.1) is 0 Å². The summed E-state index contributed by atoms with van der Waals surface area (Å²) in [5, 5.41) is 0.111. The zero-order valence-corrected chi connectivity index (χ0v) is 9.85. The number of allylic oxidation sites excluding steroid dienone is 2. The van der Waals surface area contributed by atoms with E-state index >= 15 is 0 Å².